The van der Waals surface area contributed by atoms with Gasteiger partial charge in [0.25, 0.3) is 11.8 Å². The molecule has 1 aliphatic rings. The zero-order valence-electron chi connectivity index (χ0n) is 9.31. The van der Waals surface area contributed by atoms with E-state index in [1.54, 1.807) is 6.07 Å². The largest absolute Gasteiger partial charge is 0.269 e. The van der Waals surface area contributed by atoms with E-state index in [1.807, 2.05) is 18.2 Å². The van der Waals surface area contributed by atoms with Crippen LogP contribution in [0.15, 0.2) is 36.4 Å². The van der Waals surface area contributed by atoms with Gasteiger partial charge in [0.15, 0.2) is 0 Å². The molecule has 1 aliphatic heterocycles. The van der Waals surface area contributed by atoms with Crippen molar-refractivity contribution >= 4 is 17.5 Å². The third-order valence-corrected chi connectivity index (χ3v) is 2.60. The van der Waals surface area contributed by atoms with Crippen molar-refractivity contribution in [3.05, 3.63) is 42.0 Å². The first kappa shape index (κ1) is 10.6. The standard InChI is InChI=1S/C13H13NO2/c1-9(2)10-4-3-5-11(8-10)14-12(15)6-7-13(14)16/h3-9H,1-2H3. The predicted octanol–water partition coefficient (Wildman–Crippen LogP) is 2.24. The van der Waals surface area contributed by atoms with Crippen LogP contribution in [-0.4, -0.2) is 11.8 Å². The first-order valence-electron chi connectivity index (χ1n) is 5.25. The molecule has 0 N–H and O–H groups in total. The quantitative estimate of drug-likeness (QED) is 0.709. The lowest BCUT2D eigenvalue weighted by Crippen LogP contribution is -2.29. The lowest BCUT2D eigenvalue weighted by molar-refractivity contribution is -0.119. The number of amides is 2. The summed E-state index contributed by atoms with van der Waals surface area (Å²) in [6.45, 7) is 4.15. The van der Waals surface area contributed by atoms with Crippen molar-refractivity contribution in [2.75, 3.05) is 4.90 Å². The molecule has 3 nitrogen and oxygen atoms in total. The lowest BCUT2D eigenvalue weighted by atomic mass is 10.0. The van der Waals surface area contributed by atoms with Crippen molar-refractivity contribution in [1.82, 2.24) is 0 Å². The Kier molecular flexibility index (Phi) is 2.60. The molecule has 3 heteroatoms. The molecular weight excluding hydrogens is 202 g/mol. The molecular formula is C13H13NO2. The van der Waals surface area contributed by atoms with Gasteiger partial charge in [-0.3, -0.25) is 9.59 Å². The normalized spacial score (nSPS) is 15.3. The highest BCUT2D eigenvalue weighted by atomic mass is 16.2. The van der Waals surface area contributed by atoms with Crippen LogP contribution in [0.4, 0.5) is 5.69 Å². The molecule has 2 rings (SSSR count). The molecule has 16 heavy (non-hydrogen) atoms. The molecule has 0 aliphatic carbocycles. The molecule has 0 aromatic heterocycles. The zero-order valence-corrected chi connectivity index (χ0v) is 9.31. The smallest absolute Gasteiger partial charge is 0.258 e. The van der Waals surface area contributed by atoms with Crippen LogP contribution >= 0.6 is 0 Å². The van der Waals surface area contributed by atoms with Crippen LogP contribution in [-0.2, 0) is 9.59 Å². The molecule has 0 bridgehead atoms. The Morgan fingerprint density at radius 1 is 1.06 bits per heavy atom. The van der Waals surface area contributed by atoms with Gasteiger partial charge in [-0.2, -0.15) is 0 Å². The molecule has 0 saturated carbocycles. The second-order valence-electron chi connectivity index (χ2n) is 4.09. The maximum atomic E-state index is 11.5. The summed E-state index contributed by atoms with van der Waals surface area (Å²) in [6, 6.07) is 7.51. The van der Waals surface area contributed by atoms with E-state index in [2.05, 4.69) is 13.8 Å². The van der Waals surface area contributed by atoms with Crippen LogP contribution < -0.4 is 4.90 Å². The number of nitrogens with zero attached hydrogens (tertiary/aromatic N) is 1. The Morgan fingerprint density at radius 2 is 1.69 bits per heavy atom. The fourth-order valence-corrected chi connectivity index (χ4v) is 1.68. The third-order valence-electron chi connectivity index (χ3n) is 2.60. The van der Waals surface area contributed by atoms with Crippen molar-refractivity contribution < 1.29 is 9.59 Å². The van der Waals surface area contributed by atoms with Gasteiger partial charge in [0.2, 0.25) is 0 Å². The van der Waals surface area contributed by atoms with Crippen LogP contribution in [0.25, 0.3) is 0 Å². The minimum absolute atomic E-state index is 0.272. The van der Waals surface area contributed by atoms with Crippen LogP contribution in [0.2, 0.25) is 0 Å². The summed E-state index contributed by atoms with van der Waals surface area (Å²) in [7, 11) is 0. The van der Waals surface area contributed by atoms with Gasteiger partial charge >= 0.3 is 0 Å². The van der Waals surface area contributed by atoms with E-state index in [-0.39, 0.29) is 11.8 Å². The fraction of sp³-hybridized carbons (Fsp3) is 0.231. The second-order valence-corrected chi connectivity index (χ2v) is 4.09. The highest BCUT2D eigenvalue weighted by Gasteiger charge is 2.25. The molecule has 0 atom stereocenters. The average molecular weight is 215 g/mol. The van der Waals surface area contributed by atoms with Gasteiger partial charge in [-0.25, -0.2) is 4.90 Å². The minimum Gasteiger partial charge on any atom is -0.269 e. The van der Waals surface area contributed by atoms with Gasteiger partial charge in [-0.1, -0.05) is 26.0 Å². The maximum Gasteiger partial charge on any atom is 0.258 e. The summed E-state index contributed by atoms with van der Waals surface area (Å²) in [6.07, 6.45) is 2.59. The molecule has 1 aromatic carbocycles. The van der Waals surface area contributed by atoms with Crippen molar-refractivity contribution in [2.24, 2.45) is 0 Å². The van der Waals surface area contributed by atoms with E-state index in [0.29, 0.717) is 11.6 Å². The SMILES string of the molecule is CC(C)c1cccc(N2C(=O)C=CC2=O)c1. The third kappa shape index (κ3) is 1.76. The Hall–Kier alpha value is -1.90. The molecule has 2 amide bonds. The number of benzene rings is 1. The van der Waals surface area contributed by atoms with Crippen molar-refractivity contribution in [3.63, 3.8) is 0 Å². The van der Waals surface area contributed by atoms with Crippen molar-refractivity contribution in [1.29, 1.82) is 0 Å². The van der Waals surface area contributed by atoms with Gasteiger partial charge in [-0.05, 0) is 23.6 Å². The minimum atomic E-state index is -0.272. The number of carbonyl (C=O) groups is 2. The van der Waals surface area contributed by atoms with Gasteiger partial charge in [-0.15, -0.1) is 0 Å². The van der Waals surface area contributed by atoms with Crippen LogP contribution in [0, 0.1) is 0 Å². The van der Waals surface area contributed by atoms with E-state index in [1.165, 1.54) is 17.1 Å². The summed E-state index contributed by atoms with van der Waals surface area (Å²) in [5.41, 5.74) is 1.76. The summed E-state index contributed by atoms with van der Waals surface area (Å²) in [5.74, 6) is -0.169. The molecule has 0 unspecified atom stereocenters. The summed E-state index contributed by atoms with van der Waals surface area (Å²) in [4.78, 5) is 24.2. The van der Waals surface area contributed by atoms with E-state index >= 15 is 0 Å². The van der Waals surface area contributed by atoms with Gasteiger partial charge in [0.1, 0.15) is 0 Å². The van der Waals surface area contributed by atoms with Crippen LogP contribution in [0.3, 0.4) is 0 Å². The van der Waals surface area contributed by atoms with E-state index < -0.39 is 0 Å². The van der Waals surface area contributed by atoms with Crippen molar-refractivity contribution in [3.8, 4) is 0 Å². The molecule has 0 radical (unpaired) electrons. The van der Waals surface area contributed by atoms with E-state index in [4.69, 9.17) is 0 Å². The number of anilines is 1. The van der Waals surface area contributed by atoms with Crippen LogP contribution in [0.5, 0.6) is 0 Å². The number of hydrogen-bond donors (Lipinski definition) is 0. The van der Waals surface area contributed by atoms with Crippen LogP contribution in [0.1, 0.15) is 25.3 Å². The first-order valence-corrected chi connectivity index (χ1v) is 5.25. The highest BCUT2D eigenvalue weighted by molar-refractivity contribution is 6.28. The first-order chi connectivity index (χ1) is 7.59. The zero-order chi connectivity index (χ0) is 11.7. The fourth-order valence-electron chi connectivity index (χ4n) is 1.68. The lowest BCUT2D eigenvalue weighted by Gasteiger charge is -2.15. The van der Waals surface area contributed by atoms with E-state index in [0.717, 1.165) is 5.56 Å². The number of hydrogen-bond acceptors (Lipinski definition) is 2. The molecule has 82 valence electrons. The maximum absolute atomic E-state index is 11.5. The molecule has 0 spiro atoms. The second kappa shape index (κ2) is 3.93. The molecule has 1 aromatic rings. The Bertz CT molecular complexity index is 457. The number of carbonyl (C=O) groups excluding carboxylic acids is 2. The van der Waals surface area contributed by atoms with Gasteiger partial charge < -0.3 is 0 Å². The molecule has 1 heterocycles. The highest BCUT2D eigenvalue weighted by Crippen LogP contribution is 2.23. The Morgan fingerprint density at radius 3 is 2.25 bits per heavy atom. The molecule has 0 saturated heterocycles. The van der Waals surface area contributed by atoms with E-state index in [9.17, 15) is 9.59 Å². The Labute approximate surface area is 94.4 Å². The van der Waals surface area contributed by atoms with Crippen molar-refractivity contribution in [2.45, 2.75) is 19.8 Å². The number of imide groups is 1. The summed E-state index contributed by atoms with van der Waals surface area (Å²) < 4.78 is 0. The Balaban J connectivity index is 2.38. The monoisotopic (exact) mass is 215 g/mol. The number of rotatable bonds is 2. The molecule has 0 fully saturated rings. The topological polar surface area (TPSA) is 37.4 Å². The summed E-state index contributed by atoms with van der Waals surface area (Å²) >= 11 is 0. The predicted molar refractivity (Wildman–Crippen MR) is 62.2 cm³/mol. The summed E-state index contributed by atoms with van der Waals surface area (Å²) in [5, 5.41) is 0. The van der Waals surface area contributed by atoms with Gasteiger partial charge in [0, 0.05) is 12.2 Å². The van der Waals surface area contributed by atoms with Gasteiger partial charge in [0.05, 0.1) is 5.69 Å². The average Bonchev–Trinajstić information content (AvgIpc) is 2.59.